The van der Waals surface area contributed by atoms with Gasteiger partial charge in [0, 0.05) is 28.6 Å². The maximum atomic E-state index is 14.5. The molecule has 0 radical (unpaired) electrons. The molecule has 0 saturated heterocycles. The van der Waals surface area contributed by atoms with E-state index in [1.165, 1.54) is 23.9 Å². The number of amides is 2. The first-order chi connectivity index (χ1) is 16.8. The fourth-order valence-corrected chi connectivity index (χ4v) is 5.76. The number of carbonyl (C=O) groups is 3. The number of carbonyl (C=O) groups excluding carboxylic acids is 2. The van der Waals surface area contributed by atoms with Crippen molar-refractivity contribution in [2.45, 2.75) is 48.4 Å². The molecule has 1 atom stereocenters. The van der Waals surface area contributed by atoms with Gasteiger partial charge in [-0.2, -0.15) is 0 Å². The SMILES string of the molecule is O=C(NCCNC(=O)C1Cc2ccc(Cl)cc2S1)c1ccc(OC2CCC(C(=O)O)CC2)c(F)c1. The number of fused-ring (bicyclic) bond motifs is 1. The average Bonchev–Trinajstić information content (AvgIpc) is 3.26. The molecule has 1 unspecified atom stereocenters. The summed E-state index contributed by atoms with van der Waals surface area (Å²) >= 11 is 7.48. The Balaban J connectivity index is 1.19. The van der Waals surface area contributed by atoms with Crippen LogP contribution in [0.2, 0.25) is 5.02 Å². The molecule has 1 saturated carbocycles. The van der Waals surface area contributed by atoms with E-state index in [4.69, 9.17) is 21.4 Å². The van der Waals surface area contributed by atoms with Crippen LogP contribution in [-0.2, 0) is 16.0 Å². The maximum Gasteiger partial charge on any atom is 0.306 e. The van der Waals surface area contributed by atoms with Gasteiger partial charge in [-0.1, -0.05) is 17.7 Å². The standard InChI is InChI=1S/C25H26ClFN2O5S/c26-17-5-1-15-12-22(35-21(15)13-17)24(31)29-10-9-28-23(30)16-4-8-20(19(27)11-16)34-18-6-2-14(3-7-18)25(32)33/h1,4-5,8,11,13-14,18,22H,2-3,6-7,9-10,12H2,(H,28,30)(H,29,31)(H,32,33). The number of benzene rings is 2. The first kappa shape index (κ1) is 25.3. The molecule has 186 valence electrons. The molecule has 0 bridgehead atoms. The highest BCUT2D eigenvalue weighted by Crippen LogP contribution is 2.38. The van der Waals surface area contributed by atoms with E-state index in [1.54, 1.807) is 0 Å². The quantitative estimate of drug-likeness (QED) is 0.453. The zero-order chi connectivity index (χ0) is 24.9. The lowest BCUT2D eigenvalue weighted by Gasteiger charge is -2.27. The smallest absolute Gasteiger partial charge is 0.306 e. The number of carboxylic acid groups (broad SMARTS) is 1. The summed E-state index contributed by atoms with van der Waals surface area (Å²) in [6.07, 6.45) is 2.47. The number of ether oxygens (including phenoxy) is 1. The minimum Gasteiger partial charge on any atom is -0.487 e. The number of rotatable bonds is 8. The third-order valence-corrected chi connectivity index (χ3v) is 7.75. The van der Waals surface area contributed by atoms with Crippen molar-refractivity contribution >= 4 is 41.1 Å². The van der Waals surface area contributed by atoms with Crippen LogP contribution in [0.15, 0.2) is 41.3 Å². The third kappa shape index (κ3) is 6.46. The summed E-state index contributed by atoms with van der Waals surface area (Å²) < 4.78 is 20.2. The van der Waals surface area contributed by atoms with E-state index in [1.807, 2.05) is 18.2 Å². The van der Waals surface area contributed by atoms with Crippen LogP contribution in [0, 0.1) is 11.7 Å². The van der Waals surface area contributed by atoms with E-state index < -0.39 is 17.7 Å². The van der Waals surface area contributed by atoms with Crippen molar-refractivity contribution in [3.05, 3.63) is 58.4 Å². The molecule has 1 aliphatic heterocycles. The van der Waals surface area contributed by atoms with Crippen molar-refractivity contribution in [3.63, 3.8) is 0 Å². The molecule has 2 aromatic carbocycles. The number of nitrogens with one attached hydrogen (secondary N) is 2. The average molecular weight is 521 g/mol. The highest BCUT2D eigenvalue weighted by molar-refractivity contribution is 8.01. The highest BCUT2D eigenvalue weighted by Gasteiger charge is 2.29. The van der Waals surface area contributed by atoms with Crippen LogP contribution in [0.4, 0.5) is 4.39 Å². The van der Waals surface area contributed by atoms with Gasteiger partial charge in [0.05, 0.1) is 17.3 Å². The Hall–Kier alpha value is -2.78. The van der Waals surface area contributed by atoms with E-state index in [2.05, 4.69) is 10.6 Å². The van der Waals surface area contributed by atoms with Gasteiger partial charge in [-0.15, -0.1) is 11.8 Å². The predicted octanol–water partition coefficient (Wildman–Crippen LogP) is 4.06. The topological polar surface area (TPSA) is 105 Å². The molecule has 3 N–H and O–H groups in total. The minimum absolute atomic E-state index is 0.0453. The molecule has 2 aliphatic rings. The zero-order valence-corrected chi connectivity index (χ0v) is 20.5. The van der Waals surface area contributed by atoms with Crippen LogP contribution in [0.1, 0.15) is 41.6 Å². The summed E-state index contributed by atoms with van der Waals surface area (Å²) in [5.74, 6) is -2.35. The summed E-state index contributed by atoms with van der Waals surface area (Å²) in [6, 6.07) is 9.60. The summed E-state index contributed by atoms with van der Waals surface area (Å²) in [5, 5.41) is 15.0. The van der Waals surface area contributed by atoms with E-state index in [0.29, 0.717) is 37.1 Å². The third-order valence-electron chi connectivity index (χ3n) is 6.22. The molecule has 2 aromatic rings. The number of hydrogen-bond donors (Lipinski definition) is 3. The normalized spacial score (nSPS) is 21.1. The van der Waals surface area contributed by atoms with Crippen LogP contribution >= 0.6 is 23.4 Å². The van der Waals surface area contributed by atoms with Crippen molar-refractivity contribution in [3.8, 4) is 5.75 Å². The second kappa shape index (κ2) is 11.3. The first-order valence-corrected chi connectivity index (χ1v) is 12.8. The fourth-order valence-electron chi connectivity index (χ4n) is 4.27. The van der Waals surface area contributed by atoms with Crippen molar-refractivity contribution < 1.29 is 28.6 Å². The molecular weight excluding hydrogens is 495 g/mol. The highest BCUT2D eigenvalue weighted by atomic mass is 35.5. The second-order valence-corrected chi connectivity index (χ2v) is 10.4. The molecule has 0 spiro atoms. The van der Waals surface area contributed by atoms with Gasteiger partial charge in [-0.25, -0.2) is 4.39 Å². The van der Waals surface area contributed by atoms with Crippen LogP contribution < -0.4 is 15.4 Å². The maximum absolute atomic E-state index is 14.5. The molecule has 10 heteroatoms. The number of carboxylic acids is 1. The molecule has 4 rings (SSSR count). The lowest BCUT2D eigenvalue weighted by molar-refractivity contribution is -0.143. The minimum atomic E-state index is -0.807. The Morgan fingerprint density at radius 1 is 1.06 bits per heavy atom. The van der Waals surface area contributed by atoms with Crippen LogP contribution in [0.3, 0.4) is 0 Å². The molecule has 0 aromatic heterocycles. The van der Waals surface area contributed by atoms with E-state index in [-0.39, 0.29) is 47.6 Å². The second-order valence-electron chi connectivity index (χ2n) is 8.68. The van der Waals surface area contributed by atoms with Crippen molar-refractivity contribution in [1.82, 2.24) is 10.6 Å². The van der Waals surface area contributed by atoms with Gasteiger partial charge in [0.15, 0.2) is 11.6 Å². The van der Waals surface area contributed by atoms with Crippen molar-refractivity contribution in [1.29, 1.82) is 0 Å². The Morgan fingerprint density at radius 2 is 1.80 bits per heavy atom. The van der Waals surface area contributed by atoms with E-state index in [0.717, 1.165) is 16.5 Å². The van der Waals surface area contributed by atoms with Gasteiger partial charge >= 0.3 is 5.97 Å². The van der Waals surface area contributed by atoms with E-state index >= 15 is 0 Å². The van der Waals surface area contributed by atoms with E-state index in [9.17, 15) is 18.8 Å². The van der Waals surface area contributed by atoms with Crippen LogP contribution in [0.25, 0.3) is 0 Å². The van der Waals surface area contributed by atoms with Crippen LogP contribution in [-0.4, -0.2) is 47.3 Å². The van der Waals surface area contributed by atoms with Gasteiger partial charge in [0.2, 0.25) is 5.91 Å². The number of halogens is 2. The lowest BCUT2D eigenvalue weighted by Crippen LogP contribution is -2.38. The summed E-state index contributed by atoms with van der Waals surface area (Å²) in [5.41, 5.74) is 1.24. The van der Waals surface area contributed by atoms with Crippen LogP contribution in [0.5, 0.6) is 5.75 Å². The Bertz CT molecular complexity index is 1120. The first-order valence-electron chi connectivity index (χ1n) is 11.5. The molecule has 1 heterocycles. The Labute approximate surface area is 211 Å². The molecular formula is C25H26ClFN2O5S. The fraction of sp³-hybridized carbons (Fsp3) is 0.400. The van der Waals surface area contributed by atoms with Gasteiger partial charge in [0.25, 0.3) is 5.91 Å². The molecule has 2 amide bonds. The Morgan fingerprint density at radius 3 is 2.51 bits per heavy atom. The molecule has 1 fully saturated rings. The Kier molecular flexibility index (Phi) is 8.18. The van der Waals surface area contributed by atoms with Gasteiger partial charge in [-0.3, -0.25) is 14.4 Å². The largest absolute Gasteiger partial charge is 0.487 e. The summed E-state index contributed by atoms with van der Waals surface area (Å²) in [7, 11) is 0. The monoisotopic (exact) mass is 520 g/mol. The van der Waals surface area contributed by atoms with Crippen molar-refractivity contribution in [2.24, 2.45) is 5.92 Å². The molecule has 7 nitrogen and oxygen atoms in total. The summed E-state index contributed by atoms with van der Waals surface area (Å²) in [4.78, 5) is 36.9. The van der Waals surface area contributed by atoms with Gasteiger partial charge in [-0.05, 0) is 68.0 Å². The lowest BCUT2D eigenvalue weighted by atomic mass is 9.87. The molecule has 1 aliphatic carbocycles. The number of thioether (sulfide) groups is 1. The predicted molar refractivity (Wildman–Crippen MR) is 131 cm³/mol. The van der Waals surface area contributed by atoms with Crippen molar-refractivity contribution in [2.75, 3.05) is 13.1 Å². The zero-order valence-electron chi connectivity index (χ0n) is 18.9. The van der Waals surface area contributed by atoms with Gasteiger partial charge < -0.3 is 20.5 Å². The van der Waals surface area contributed by atoms with Gasteiger partial charge in [0.1, 0.15) is 0 Å². The molecule has 35 heavy (non-hydrogen) atoms. The number of hydrogen-bond acceptors (Lipinski definition) is 5. The number of aliphatic carboxylic acids is 1. The summed E-state index contributed by atoms with van der Waals surface area (Å²) in [6.45, 7) is 0.453.